The molecule has 1 saturated heterocycles. The van der Waals surface area contributed by atoms with Crippen LogP contribution in [0.25, 0.3) is 0 Å². The van der Waals surface area contributed by atoms with Crippen molar-refractivity contribution < 1.29 is 19.4 Å². The first kappa shape index (κ1) is 14.8. The molecule has 0 aromatic heterocycles. The highest BCUT2D eigenvalue weighted by molar-refractivity contribution is 5.82. The molecule has 2 atom stereocenters. The van der Waals surface area contributed by atoms with Crippen LogP contribution in [0.2, 0.25) is 0 Å². The van der Waals surface area contributed by atoms with E-state index in [4.69, 9.17) is 9.47 Å². The highest BCUT2D eigenvalue weighted by atomic mass is 16.5. The van der Waals surface area contributed by atoms with Crippen molar-refractivity contribution in [2.75, 3.05) is 33.4 Å². The molecule has 20 heavy (non-hydrogen) atoms. The number of methoxy groups -OCH3 is 1. The lowest BCUT2D eigenvalue weighted by Gasteiger charge is -2.23. The number of carbonyl (C=O) groups excluding carboxylic acids is 1. The molecule has 1 aliphatic heterocycles. The van der Waals surface area contributed by atoms with Crippen molar-refractivity contribution in [3.63, 3.8) is 0 Å². The molecule has 6 heteroatoms. The van der Waals surface area contributed by atoms with E-state index in [0.29, 0.717) is 31.1 Å². The van der Waals surface area contributed by atoms with Gasteiger partial charge in [0, 0.05) is 18.7 Å². The predicted molar refractivity (Wildman–Crippen MR) is 73.6 cm³/mol. The minimum Gasteiger partial charge on any atom is -0.496 e. The molecule has 3 N–H and O–H groups in total. The van der Waals surface area contributed by atoms with Crippen LogP contribution in [0.5, 0.6) is 5.75 Å². The molecule has 2 rings (SSSR count). The van der Waals surface area contributed by atoms with Gasteiger partial charge in [-0.05, 0) is 6.07 Å². The molecule has 0 aliphatic carbocycles. The molecule has 0 radical (unpaired) electrons. The lowest BCUT2D eigenvalue weighted by atomic mass is 10.1. The van der Waals surface area contributed by atoms with Gasteiger partial charge in [-0.15, -0.1) is 0 Å². The molecule has 1 heterocycles. The Hall–Kier alpha value is -1.63. The van der Waals surface area contributed by atoms with Crippen LogP contribution >= 0.6 is 0 Å². The van der Waals surface area contributed by atoms with E-state index in [-0.39, 0.29) is 18.5 Å². The van der Waals surface area contributed by atoms with Crippen molar-refractivity contribution in [1.82, 2.24) is 10.6 Å². The van der Waals surface area contributed by atoms with Crippen molar-refractivity contribution in [3.05, 3.63) is 29.8 Å². The van der Waals surface area contributed by atoms with Gasteiger partial charge in [0.1, 0.15) is 11.8 Å². The number of benzene rings is 1. The van der Waals surface area contributed by atoms with E-state index in [1.807, 2.05) is 12.1 Å². The zero-order valence-corrected chi connectivity index (χ0v) is 11.5. The van der Waals surface area contributed by atoms with Crippen LogP contribution in [0.1, 0.15) is 11.7 Å². The number of amides is 1. The number of nitrogens with one attached hydrogen (secondary N) is 2. The molecule has 0 spiro atoms. The van der Waals surface area contributed by atoms with Crippen molar-refractivity contribution in [1.29, 1.82) is 0 Å². The zero-order valence-electron chi connectivity index (χ0n) is 11.5. The Morgan fingerprint density at radius 2 is 2.40 bits per heavy atom. The predicted octanol–water partition coefficient (Wildman–Crippen LogP) is -0.167. The number of hydrogen-bond acceptors (Lipinski definition) is 5. The Balaban J connectivity index is 1.88. The number of carbonyl (C=O) groups is 1. The SMILES string of the molecule is COc1ccccc1C(O)CNC(=O)C1COCCN1. The first-order valence-electron chi connectivity index (χ1n) is 6.62. The maximum Gasteiger partial charge on any atom is 0.239 e. The second-order valence-corrected chi connectivity index (χ2v) is 4.58. The summed E-state index contributed by atoms with van der Waals surface area (Å²) in [5, 5.41) is 15.9. The largest absolute Gasteiger partial charge is 0.496 e. The molecule has 6 nitrogen and oxygen atoms in total. The van der Waals surface area contributed by atoms with Gasteiger partial charge in [0.15, 0.2) is 0 Å². The summed E-state index contributed by atoms with van der Waals surface area (Å²) in [6.07, 6.45) is -0.806. The Morgan fingerprint density at radius 1 is 1.60 bits per heavy atom. The molecule has 1 aromatic carbocycles. The zero-order chi connectivity index (χ0) is 14.4. The Morgan fingerprint density at radius 3 is 3.10 bits per heavy atom. The number of morpholine rings is 1. The van der Waals surface area contributed by atoms with E-state index < -0.39 is 6.10 Å². The van der Waals surface area contributed by atoms with Gasteiger partial charge < -0.3 is 25.2 Å². The minimum atomic E-state index is -0.806. The van der Waals surface area contributed by atoms with Crippen LogP contribution in [-0.4, -0.2) is 50.5 Å². The first-order chi connectivity index (χ1) is 9.72. The van der Waals surface area contributed by atoms with E-state index in [1.165, 1.54) is 0 Å². The normalized spacial score (nSPS) is 20.2. The average Bonchev–Trinajstić information content (AvgIpc) is 2.53. The van der Waals surface area contributed by atoms with Crippen molar-refractivity contribution in [2.24, 2.45) is 0 Å². The molecule has 110 valence electrons. The Bertz CT molecular complexity index is 447. The molecular weight excluding hydrogens is 260 g/mol. The van der Waals surface area contributed by atoms with E-state index in [2.05, 4.69) is 10.6 Å². The van der Waals surface area contributed by atoms with Gasteiger partial charge in [-0.1, -0.05) is 18.2 Å². The van der Waals surface area contributed by atoms with Crippen LogP contribution in [0, 0.1) is 0 Å². The summed E-state index contributed by atoms with van der Waals surface area (Å²) < 4.78 is 10.4. The number of aliphatic hydroxyl groups is 1. The standard InChI is InChI=1S/C14H20N2O4/c1-19-13-5-3-2-4-10(13)12(17)8-16-14(18)11-9-20-7-6-15-11/h2-5,11-12,15,17H,6-9H2,1H3,(H,16,18). The lowest BCUT2D eigenvalue weighted by molar-refractivity contribution is -0.126. The van der Waals surface area contributed by atoms with E-state index in [0.717, 1.165) is 0 Å². The fourth-order valence-electron chi connectivity index (χ4n) is 2.11. The average molecular weight is 280 g/mol. The van der Waals surface area contributed by atoms with Crippen LogP contribution in [0.4, 0.5) is 0 Å². The molecule has 1 aliphatic rings. The quantitative estimate of drug-likeness (QED) is 0.698. The molecule has 1 amide bonds. The summed E-state index contributed by atoms with van der Waals surface area (Å²) in [7, 11) is 1.55. The first-order valence-corrected chi connectivity index (χ1v) is 6.62. The fourth-order valence-corrected chi connectivity index (χ4v) is 2.11. The van der Waals surface area contributed by atoms with Gasteiger partial charge in [0.2, 0.25) is 5.91 Å². The Kier molecular flexibility index (Phi) is 5.34. The van der Waals surface area contributed by atoms with Crippen LogP contribution in [0.15, 0.2) is 24.3 Å². The summed E-state index contributed by atoms with van der Waals surface area (Å²) >= 11 is 0. The third-order valence-electron chi connectivity index (χ3n) is 3.21. The molecule has 2 unspecified atom stereocenters. The van der Waals surface area contributed by atoms with E-state index >= 15 is 0 Å². The Labute approximate surface area is 118 Å². The highest BCUT2D eigenvalue weighted by Gasteiger charge is 2.22. The molecular formula is C14H20N2O4. The van der Waals surface area contributed by atoms with Crippen molar-refractivity contribution >= 4 is 5.91 Å². The van der Waals surface area contributed by atoms with Crippen LogP contribution < -0.4 is 15.4 Å². The lowest BCUT2D eigenvalue weighted by Crippen LogP contribution is -2.51. The smallest absolute Gasteiger partial charge is 0.239 e. The third-order valence-corrected chi connectivity index (χ3v) is 3.21. The maximum atomic E-state index is 11.9. The van der Waals surface area contributed by atoms with Gasteiger partial charge in [0.05, 0.1) is 26.4 Å². The molecule has 0 bridgehead atoms. The number of ether oxygens (including phenoxy) is 2. The van der Waals surface area contributed by atoms with Gasteiger partial charge in [-0.25, -0.2) is 0 Å². The number of rotatable bonds is 5. The second kappa shape index (κ2) is 7.23. The van der Waals surface area contributed by atoms with Gasteiger partial charge in [0.25, 0.3) is 0 Å². The molecule has 1 fully saturated rings. The third kappa shape index (κ3) is 3.69. The minimum absolute atomic E-state index is 0.136. The number of hydrogen-bond donors (Lipinski definition) is 3. The summed E-state index contributed by atoms with van der Waals surface area (Å²) in [5.41, 5.74) is 0.656. The van der Waals surface area contributed by atoms with Gasteiger partial charge in [-0.3, -0.25) is 4.79 Å². The highest BCUT2D eigenvalue weighted by Crippen LogP contribution is 2.23. The van der Waals surface area contributed by atoms with E-state index in [9.17, 15) is 9.90 Å². The number of aliphatic hydroxyl groups excluding tert-OH is 1. The molecule has 0 saturated carbocycles. The van der Waals surface area contributed by atoms with E-state index in [1.54, 1.807) is 19.2 Å². The van der Waals surface area contributed by atoms with Crippen molar-refractivity contribution in [2.45, 2.75) is 12.1 Å². The topological polar surface area (TPSA) is 79.8 Å². The molecule has 1 aromatic rings. The monoisotopic (exact) mass is 280 g/mol. The van der Waals surface area contributed by atoms with Gasteiger partial charge >= 0.3 is 0 Å². The number of para-hydroxylation sites is 1. The van der Waals surface area contributed by atoms with Crippen LogP contribution in [-0.2, 0) is 9.53 Å². The summed E-state index contributed by atoms with van der Waals surface area (Å²) in [4.78, 5) is 11.9. The summed E-state index contributed by atoms with van der Waals surface area (Å²) in [6.45, 7) is 1.77. The van der Waals surface area contributed by atoms with Crippen LogP contribution in [0.3, 0.4) is 0 Å². The maximum absolute atomic E-state index is 11.9. The summed E-state index contributed by atoms with van der Waals surface area (Å²) in [6, 6.07) is 6.85. The fraction of sp³-hybridized carbons (Fsp3) is 0.500. The summed E-state index contributed by atoms with van der Waals surface area (Å²) in [5.74, 6) is 0.437. The van der Waals surface area contributed by atoms with Gasteiger partial charge in [-0.2, -0.15) is 0 Å². The van der Waals surface area contributed by atoms with Crippen molar-refractivity contribution in [3.8, 4) is 5.75 Å². The second-order valence-electron chi connectivity index (χ2n) is 4.58.